The molecule has 1 aliphatic heterocycles. The second-order valence-corrected chi connectivity index (χ2v) is 6.36. The van der Waals surface area contributed by atoms with Gasteiger partial charge in [0.25, 0.3) is 0 Å². The van der Waals surface area contributed by atoms with Gasteiger partial charge in [-0.15, -0.1) is 0 Å². The van der Waals surface area contributed by atoms with Crippen LogP contribution in [0.4, 0.5) is 11.4 Å². The number of rotatable bonds is 1. The fourth-order valence-electron chi connectivity index (χ4n) is 2.38. The van der Waals surface area contributed by atoms with Gasteiger partial charge in [-0.2, -0.15) is 15.4 Å². The molecule has 1 atom stereocenters. The van der Waals surface area contributed by atoms with E-state index in [0.717, 1.165) is 22.6 Å². The Morgan fingerprint density at radius 1 is 1.15 bits per heavy atom. The van der Waals surface area contributed by atoms with Gasteiger partial charge in [0.05, 0.1) is 17.3 Å². The molecule has 100 valence electrons. The van der Waals surface area contributed by atoms with Gasteiger partial charge in [0.2, 0.25) is 0 Å². The summed E-state index contributed by atoms with van der Waals surface area (Å²) in [4.78, 5) is 3.58. The summed E-state index contributed by atoms with van der Waals surface area (Å²) in [6, 6.07) is 14.4. The standard InChI is InChI=1S/C14H13N5S/c1-19-9-20(14-5-3-2-4-13(14)19)17-10-6-7-11-12(8-10)16-18-15-11/h2-8H,9H2,1H3,(H,15,16,18). The van der Waals surface area contributed by atoms with Crippen molar-refractivity contribution in [3.63, 3.8) is 0 Å². The maximum Gasteiger partial charge on any atom is 0.115 e. The van der Waals surface area contributed by atoms with Crippen molar-refractivity contribution in [1.29, 1.82) is 0 Å². The molecule has 0 amide bonds. The third-order valence-corrected chi connectivity index (χ3v) is 5.28. The number of fused-ring (bicyclic) bond motifs is 2. The molecule has 1 unspecified atom stereocenters. The zero-order valence-corrected chi connectivity index (χ0v) is 11.8. The van der Waals surface area contributed by atoms with Crippen LogP contribution in [0.15, 0.2) is 51.7 Å². The average Bonchev–Trinajstić information content (AvgIpc) is 3.05. The lowest BCUT2D eigenvalue weighted by Gasteiger charge is -2.09. The minimum atomic E-state index is -0.122. The van der Waals surface area contributed by atoms with E-state index in [-0.39, 0.29) is 10.7 Å². The molecule has 2 aromatic carbocycles. The molecular weight excluding hydrogens is 270 g/mol. The van der Waals surface area contributed by atoms with Crippen LogP contribution >= 0.6 is 0 Å². The number of benzene rings is 2. The number of nitrogens with zero attached hydrogens (tertiary/aromatic N) is 4. The Labute approximate surface area is 118 Å². The first-order chi connectivity index (χ1) is 9.81. The van der Waals surface area contributed by atoms with Crippen LogP contribution in [0.1, 0.15) is 0 Å². The van der Waals surface area contributed by atoms with E-state index >= 15 is 0 Å². The topological polar surface area (TPSA) is 57.2 Å². The third-order valence-electron chi connectivity index (χ3n) is 3.36. The first kappa shape index (κ1) is 11.6. The summed E-state index contributed by atoms with van der Waals surface area (Å²) < 4.78 is 4.88. The highest BCUT2D eigenvalue weighted by atomic mass is 32.2. The number of hydrogen-bond donors (Lipinski definition) is 1. The van der Waals surface area contributed by atoms with E-state index in [1.807, 2.05) is 18.2 Å². The minimum absolute atomic E-state index is 0.122. The Balaban J connectivity index is 1.81. The molecule has 0 bridgehead atoms. The average molecular weight is 283 g/mol. The molecule has 2 heterocycles. The van der Waals surface area contributed by atoms with Gasteiger partial charge in [-0.3, -0.25) is 0 Å². The Hall–Kier alpha value is -2.21. The van der Waals surface area contributed by atoms with Crippen LogP contribution in [-0.2, 0) is 10.7 Å². The Bertz CT molecular complexity index is 823. The van der Waals surface area contributed by atoms with Gasteiger partial charge >= 0.3 is 0 Å². The predicted molar refractivity (Wildman–Crippen MR) is 81.3 cm³/mol. The van der Waals surface area contributed by atoms with Gasteiger partial charge < -0.3 is 4.90 Å². The van der Waals surface area contributed by atoms with E-state index in [1.54, 1.807) is 0 Å². The lowest BCUT2D eigenvalue weighted by atomic mass is 10.3. The van der Waals surface area contributed by atoms with Crippen molar-refractivity contribution in [1.82, 2.24) is 15.4 Å². The number of aromatic nitrogens is 3. The second kappa shape index (κ2) is 4.42. The monoisotopic (exact) mass is 283 g/mol. The van der Waals surface area contributed by atoms with E-state index in [2.05, 4.69) is 51.6 Å². The van der Waals surface area contributed by atoms with Crippen LogP contribution in [0.5, 0.6) is 0 Å². The summed E-state index contributed by atoms with van der Waals surface area (Å²) in [5.74, 6) is 0.941. The number of hydrogen-bond acceptors (Lipinski definition) is 4. The molecule has 4 rings (SSSR count). The van der Waals surface area contributed by atoms with Gasteiger partial charge in [-0.25, -0.2) is 4.36 Å². The van der Waals surface area contributed by atoms with Crippen LogP contribution in [0.2, 0.25) is 0 Å². The van der Waals surface area contributed by atoms with Crippen molar-refractivity contribution in [2.24, 2.45) is 4.36 Å². The summed E-state index contributed by atoms with van der Waals surface area (Å²) in [5.41, 5.74) is 3.97. The minimum Gasteiger partial charge on any atom is -0.363 e. The number of H-pyrrole nitrogens is 1. The van der Waals surface area contributed by atoms with Gasteiger partial charge in [0.1, 0.15) is 11.0 Å². The van der Waals surface area contributed by atoms with Gasteiger partial charge in [0, 0.05) is 11.9 Å². The molecule has 5 nitrogen and oxygen atoms in total. The van der Waals surface area contributed by atoms with Gasteiger partial charge in [-0.1, -0.05) is 12.1 Å². The highest BCUT2D eigenvalue weighted by Crippen LogP contribution is 2.33. The van der Waals surface area contributed by atoms with E-state index < -0.39 is 0 Å². The van der Waals surface area contributed by atoms with Crippen LogP contribution in [0.25, 0.3) is 11.0 Å². The van der Waals surface area contributed by atoms with Crippen molar-refractivity contribution >= 4 is 33.1 Å². The summed E-state index contributed by atoms with van der Waals surface area (Å²) in [5, 5.41) is 10.8. The molecule has 0 saturated carbocycles. The van der Waals surface area contributed by atoms with E-state index in [0.29, 0.717) is 0 Å². The molecule has 0 saturated heterocycles. The fraction of sp³-hybridized carbons (Fsp3) is 0.143. The summed E-state index contributed by atoms with van der Waals surface area (Å²) in [6.07, 6.45) is 0. The number of para-hydroxylation sites is 1. The maximum absolute atomic E-state index is 4.88. The van der Waals surface area contributed by atoms with Crippen LogP contribution < -0.4 is 4.90 Å². The summed E-state index contributed by atoms with van der Waals surface area (Å²) in [6.45, 7) is 0. The normalized spacial score (nSPS) is 17.9. The van der Waals surface area contributed by atoms with Crippen molar-refractivity contribution in [3.8, 4) is 0 Å². The molecule has 0 spiro atoms. The molecule has 3 aromatic rings. The number of aromatic amines is 1. The lowest BCUT2D eigenvalue weighted by Crippen LogP contribution is -2.13. The number of nitrogens with one attached hydrogen (secondary N) is 1. The van der Waals surface area contributed by atoms with E-state index in [9.17, 15) is 0 Å². The smallest absolute Gasteiger partial charge is 0.115 e. The fourth-order valence-corrected chi connectivity index (χ4v) is 4.26. The Morgan fingerprint density at radius 2 is 2.00 bits per heavy atom. The molecule has 0 radical (unpaired) electrons. The molecule has 6 heteroatoms. The van der Waals surface area contributed by atoms with Crippen molar-refractivity contribution in [3.05, 3.63) is 42.5 Å². The van der Waals surface area contributed by atoms with Crippen molar-refractivity contribution in [2.45, 2.75) is 4.90 Å². The lowest BCUT2D eigenvalue weighted by molar-refractivity contribution is 0.959. The summed E-state index contributed by atoms with van der Waals surface area (Å²) >= 11 is 0. The van der Waals surface area contributed by atoms with Crippen LogP contribution in [0.3, 0.4) is 0 Å². The zero-order chi connectivity index (χ0) is 13.5. The first-order valence-corrected chi connectivity index (χ1v) is 7.70. The van der Waals surface area contributed by atoms with Gasteiger partial charge in [-0.05, 0) is 41.0 Å². The molecule has 1 N–H and O–H groups in total. The summed E-state index contributed by atoms with van der Waals surface area (Å²) in [7, 11) is 1.99. The predicted octanol–water partition coefficient (Wildman–Crippen LogP) is 2.86. The van der Waals surface area contributed by atoms with Crippen LogP contribution in [0, 0.1) is 0 Å². The SMILES string of the molecule is CN1CS(=Nc2ccc3n[nH]nc3c2)c2ccccc21. The molecule has 0 aliphatic carbocycles. The van der Waals surface area contributed by atoms with E-state index in [4.69, 9.17) is 4.36 Å². The van der Waals surface area contributed by atoms with Gasteiger partial charge in [0.15, 0.2) is 0 Å². The molecule has 0 fully saturated rings. The zero-order valence-electron chi connectivity index (χ0n) is 10.9. The quantitative estimate of drug-likeness (QED) is 0.747. The Kier molecular flexibility index (Phi) is 2.56. The second-order valence-electron chi connectivity index (χ2n) is 4.75. The molecule has 1 aliphatic rings. The third kappa shape index (κ3) is 1.80. The largest absolute Gasteiger partial charge is 0.363 e. The molecule has 1 aromatic heterocycles. The maximum atomic E-state index is 4.88. The van der Waals surface area contributed by atoms with E-state index in [1.165, 1.54) is 10.6 Å². The van der Waals surface area contributed by atoms with Crippen molar-refractivity contribution in [2.75, 3.05) is 17.8 Å². The molecule has 20 heavy (non-hydrogen) atoms. The Morgan fingerprint density at radius 3 is 2.95 bits per heavy atom. The molecular formula is C14H13N5S. The highest BCUT2D eigenvalue weighted by molar-refractivity contribution is 7.88. The number of anilines is 1. The highest BCUT2D eigenvalue weighted by Gasteiger charge is 2.20. The van der Waals surface area contributed by atoms with Crippen LogP contribution in [-0.4, -0.2) is 28.3 Å². The first-order valence-electron chi connectivity index (χ1n) is 6.35. The van der Waals surface area contributed by atoms with Crippen molar-refractivity contribution < 1.29 is 0 Å².